The van der Waals surface area contributed by atoms with E-state index >= 15 is 0 Å². The molecule has 3 rings (SSSR count). The van der Waals surface area contributed by atoms with Crippen molar-refractivity contribution in [2.24, 2.45) is 0 Å². The number of nitrogens with zero attached hydrogens (tertiary/aromatic N) is 1. The highest BCUT2D eigenvalue weighted by Gasteiger charge is 2.21. The fraction of sp³-hybridized carbons (Fsp3) is 0.438. The Balaban J connectivity index is 1.92. The molecule has 0 saturated heterocycles. The van der Waals surface area contributed by atoms with Crippen molar-refractivity contribution in [3.05, 3.63) is 45.6 Å². The maximum Gasteiger partial charge on any atom is 0.255 e. The van der Waals surface area contributed by atoms with Crippen LogP contribution >= 0.6 is 11.3 Å². The third kappa shape index (κ3) is 3.43. The molecule has 0 bridgehead atoms. The van der Waals surface area contributed by atoms with Crippen LogP contribution in [0.1, 0.15) is 18.4 Å². The highest BCUT2D eigenvalue weighted by molar-refractivity contribution is 7.13. The molecular formula is C16H20N2O2S. The molecular weight excluding hydrogens is 284 g/mol. The van der Waals surface area contributed by atoms with E-state index in [4.69, 9.17) is 4.74 Å². The molecule has 0 spiro atoms. The van der Waals surface area contributed by atoms with Gasteiger partial charge in [-0.25, -0.2) is 0 Å². The van der Waals surface area contributed by atoms with Gasteiger partial charge in [0, 0.05) is 31.8 Å². The molecule has 0 amide bonds. The van der Waals surface area contributed by atoms with Crippen molar-refractivity contribution in [1.29, 1.82) is 0 Å². The lowest BCUT2D eigenvalue weighted by atomic mass is 10.2. The minimum Gasteiger partial charge on any atom is -0.383 e. The zero-order chi connectivity index (χ0) is 14.7. The summed E-state index contributed by atoms with van der Waals surface area (Å²) in [6.45, 7) is 1.78. The van der Waals surface area contributed by atoms with Gasteiger partial charge in [0.2, 0.25) is 0 Å². The normalized spacial score (nSPS) is 14.5. The van der Waals surface area contributed by atoms with Crippen LogP contribution in [0, 0.1) is 0 Å². The van der Waals surface area contributed by atoms with Gasteiger partial charge >= 0.3 is 0 Å². The quantitative estimate of drug-likeness (QED) is 0.854. The first-order chi connectivity index (χ1) is 10.3. The van der Waals surface area contributed by atoms with E-state index in [9.17, 15) is 4.79 Å². The van der Waals surface area contributed by atoms with Crippen molar-refractivity contribution >= 4 is 11.3 Å². The highest BCUT2D eigenvalue weighted by atomic mass is 32.1. The summed E-state index contributed by atoms with van der Waals surface area (Å²) in [6, 6.07) is 8.66. The van der Waals surface area contributed by atoms with Crippen LogP contribution in [0.4, 0.5) is 0 Å². The number of thiophene rings is 1. The Bertz CT molecular complexity index is 645. The van der Waals surface area contributed by atoms with Crippen LogP contribution in [-0.4, -0.2) is 24.3 Å². The molecule has 1 N–H and O–H groups in total. The molecule has 2 aromatic rings. The number of nitrogens with one attached hydrogen (secondary N) is 1. The average Bonchev–Trinajstić information content (AvgIpc) is 3.16. The summed E-state index contributed by atoms with van der Waals surface area (Å²) in [5.41, 5.74) is 1.90. The van der Waals surface area contributed by atoms with Gasteiger partial charge in [0.05, 0.1) is 17.2 Å². The van der Waals surface area contributed by atoms with Crippen LogP contribution in [0.5, 0.6) is 0 Å². The second-order valence-electron chi connectivity index (χ2n) is 5.33. The molecule has 0 aliphatic heterocycles. The number of methoxy groups -OCH3 is 1. The van der Waals surface area contributed by atoms with E-state index in [2.05, 4.69) is 5.32 Å². The van der Waals surface area contributed by atoms with Gasteiger partial charge in [0.1, 0.15) is 0 Å². The van der Waals surface area contributed by atoms with Crippen LogP contribution in [-0.2, 0) is 17.8 Å². The van der Waals surface area contributed by atoms with Crippen LogP contribution < -0.4 is 10.9 Å². The molecule has 1 aliphatic carbocycles. The summed E-state index contributed by atoms with van der Waals surface area (Å²) < 4.78 is 6.98. The minimum atomic E-state index is 0.0890. The Morgan fingerprint density at radius 2 is 2.24 bits per heavy atom. The standard InChI is InChI=1S/C16H20N2O2S/c1-20-9-8-18-14(15-3-2-10-21-15)7-4-12(16(18)19)11-17-13-5-6-13/h2-4,7,10,13,17H,5-6,8-9,11H2,1H3. The maximum atomic E-state index is 12.7. The van der Waals surface area contributed by atoms with E-state index in [1.807, 2.05) is 34.2 Å². The number of pyridine rings is 1. The SMILES string of the molecule is COCCn1c(-c2cccs2)ccc(CNC2CC2)c1=O. The lowest BCUT2D eigenvalue weighted by molar-refractivity contribution is 0.186. The Kier molecular flexibility index (Phi) is 4.53. The number of aromatic nitrogens is 1. The zero-order valence-electron chi connectivity index (χ0n) is 12.2. The largest absolute Gasteiger partial charge is 0.383 e. The minimum absolute atomic E-state index is 0.0890. The van der Waals surface area contributed by atoms with Crippen molar-refractivity contribution in [3.63, 3.8) is 0 Å². The van der Waals surface area contributed by atoms with Gasteiger partial charge in [-0.1, -0.05) is 12.1 Å². The lowest BCUT2D eigenvalue weighted by Gasteiger charge is -2.13. The first kappa shape index (κ1) is 14.5. The first-order valence-corrected chi connectivity index (χ1v) is 8.16. The predicted octanol–water partition coefficient (Wildman–Crippen LogP) is 2.48. The van der Waals surface area contributed by atoms with Crippen molar-refractivity contribution in [2.75, 3.05) is 13.7 Å². The van der Waals surface area contributed by atoms with E-state index in [0.29, 0.717) is 25.7 Å². The van der Waals surface area contributed by atoms with E-state index < -0.39 is 0 Å². The molecule has 0 unspecified atom stereocenters. The molecule has 112 valence electrons. The van der Waals surface area contributed by atoms with Gasteiger partial charge in [-0.05, 0) is 30.4 Å². The van der Waals surface area contributed by atoms with Gasteiger partial charge in [-0.2, -0.15) is 0 Å². The molecule has 1 fully saturated rings. The Labute approximate surface area is 128 Å². The van der Waals surface area contributed by atoms with Gasteiger partial charge in [-0.3, -0.25) is 4.79 Å². The van der Waals surface area contributed by atoms with Gasteiger partial charge in [-0.15, -0.1) is 11.3 Å². The predicted molar refractivity (Wildman–Crippen MR) is 85.8 cm³/mol. The topological polar surface area (TPSA) is 43.3 Å². The zero-order valence-corrected chi connectivity index (χ0v) is 13.0. The van der Waals surface area contributed by atoms with Crippen LogP contribution in [0.15, 0.2) is 34.4 Å². The van der Waals surface area contributed by atoms with Crippen molar-refractivity contribution in [1.82, 2.24) is 9.88 Å². The Hall–Kier alpha value is -1.43. The van der Waals surface area contributed by atoms with E-state index in [0.717, 1.165) is 16.1 Å². The molecule has 4 nitrogen and oxygen atoms in total. The molecule has 0 radical (unpaired) electrons. The van der Waals surface area contributed by atoms with E-state index in [1.54, 1.807) is 18.4 Å². The number of hydrogen-bond donors (Lipinski definition) is 1. The van der Waals surface area contributed by atoms with Crippen molar-refractivity contribution < 1.29 is 4.74 Å². The molecule has 1 aliphatic rings. The third-order valence-electron chi connectivity index (χ3n) is 3.70. The van der Waals surface area contributed by atoms with Gasteiger partial charge < -0.3 is 14.6 Å². The molecule has 0 atom stereocenters. The summed E-state index contributed by atoms with van der Waals surface area (Å²) in [7, 11) is 1.66. The molecule has 5 heteroatoms. The van der Waals surface area contributed by atoms with Crippen LogP contribution in [0.25, 0.3) is 10.6 Å². The number of rotatable bonds is 7. The van der Waals surface area contributed by atoms with Crippen LogP contribution in [0.2, 0.25) is 0 Å². The fourth-order valence-electron chi connectivity index (χ4n) is 2.34. The summed E-state index contributed by atoms with van der Waals surface area (Å²) in [5, 5.41) is 5.44. The monoisotopic (exact) mass is 304 g/mol. The summed E-state index contributed by atoms with van der Waals surface area (Å²) >= 11 is 1.65. The summed E-state index contributed by atoms with van der Waals surface area (Å²) in [6.07, 6.45) is 2.45. The third-order valence-corrected chi connectivity index (χ3v) is 4.60. The van der Waals surface area contributed by atoms with E-state index in [-0.39, 0.29) is 5.56 Å². The number of hydrogen-bond acceptors (Lipinski definition) is 4. The number of ether oxygens (including phenoxy) is 1. The second kappa shape index (κ2) is 6.56. The summed E-state index contributed by atoms with van der Waals surface area (Å²) in [4.78, 5) is 13.8. The first-order valence-electron chi connectivity index (χ1n) is 7.28. The second-order valence-corrected chi connectivity index (χ2v) is 6.27. The van der Waals surface area contributed by atoms with Gasteiger partial charge in [0.25, 0.3) is 5.56 Å². The average molecular weight is 304 g/mol. The maximum absolute atomic E-state index is 12.7. The molecule has 1 saturated carbocycles. The van der Waals surface area contributed by atoms with Crippen LogP contribution in [0.3, 0.4) is 0 Å². The molecule has 0 aromatic carbocycles. The molecule has 2 aromatic heterocycles. The van der Waals surface area contributed by atoms with E-state index in [1.165, 1.54) is 12.8 Å². The molecule has 21 heavy (non-hydrogen) atoms. The Morgan fingerprint density at radius 3 is 2.90 bits per heavy atom. The Morgan fingerprint density at radius 1 is 1.38 bits per heavy atom. The fourth-order valence-corrected chi connectivity index (χ4v) is 3.10. The highest BCUT2D eigenvalue weighted by Crippen LogP contribution is 2.24. The smallest absolute Gasteiger partial charge is 0.255 e. The lowest BCUT2D eigenvalue weighted by Crippen LogP contribution is -2.29. The van der Waals surface area contributed by atoms with Gasteiger partial charge in [0.15, 0.2) is 0 Å². The van der Waals surface area contributed by atoms with Crippen molar-refractivity contribution in [3.8, 4) is 10.6 Å². The summed E-state index contributed by atoms with van der Waals surface area (Å²) in [5.74, 6) is 0. The molecule has 2 heterocycles. The van der Waals surface area contributed by atoms with Crippen molar-refractivity contribution in [2.45, 2.75) is 32.0 Å².